The first-order valence-electron chi connectivity index (χ1n) is 7.95. The lowest BCUT2D eigenvalue weighted by Gasteiger charge is -2.08. The molecule has 122 valence electrons. The molecule has 0 bridgehead atoms. The van der Waals surface area contributed by atoms with Gasteiger partial charge in [0.1, 0.15) is 5.75 Å². The van der Waals surface area contributed by atoms with Gasteiger partial charge in [-0.1, -0.05) is 45.1 Å². The van der Waals surface area contributed by atoms with Crippen LogP contribution in [0.2, 0.25) is 0 Å². The van der Waals surface area contributed by atoms with E-state index < -0.39 is 6.09 Å². The average Bonchev–Trinajstić information content (AvgIpc) is 2.51. The molecule has 0 fully saturated rings. The van der Waals surface area contributed by atoms with Crippen LogP contribution < -0.4 is 15.4 Å². The molecule has 0 aromatic heterocycles. The number of carbonyl (C=O) groups excluding carboxylic acids is 2. The number of hydrogen-bond donors (Lipinski definition) is 2. The number of hydrogen-bond acceptors (Lipinski definition) is 3. The number of nitrogens with one attached hydrogen (secondary N) is 2. The van der Waals surface area contributed by atoms with E-state index in [1.807, 2.05) is 0 Å². The summed E-state index contributed by atoms with van der Waals surface area (Å²) >= 11 is 0. The second-order valence-corrected chi connectivity index (χ2v) is 5.23. The van der Waals surface area contributed by atoms with Gasteiger partial charge in [-0.2, -0.15) is 0 Å². The number of anilines is 1. The van der Waals surface area contributed by atoms with Crippen molar-refractivity contribution in [2.24, 2.45) is 0 Å². The summed E-state index contributed by atoms with van der Waals surface area (Å²) in [6, 6.07) is 6.81. The van der Waals surface area contributed by atoms with Gasteiger partial charge in [-0.05, 0) is 18.6 Å². The highest BCUT2D eigenvalue weighted by Crippen LogP contribution is 2.18. The van der Waals surface area contributed by atoms with Crippen molar-refractivity contribution in [1.29, 1.82) is 0 Å². The lowest BCUT2D eigenvalue weighted by Crippen LogP contribution is -2.22. The summed E-state index contributed by atoms with van der Waals surface area (Å²) in [6.45, 7) is 2.19. The van der Waals surface area contributed by atoms with E-state index in [1.54, 1.807) is 24.3 Å². The molecule has 5 heteroatoms. The first-order chi connectivity index (χ1) is 10.7. The maximum absolute atomic E-state index is 11.9. The molecule has 1 aromatic carbocycles. The van der Waals surface area contributed by atoms with Crippen molar-refractivity contribution < 1.29 is 14.3 Å². The highest BCUT2D eigenvalue weighted by atomic mass is 16.5. The number of ether oxygens (including phenoxy) is 1. The van der Waals surface area contributed by atoms with Crippen LogP contribution in [0.5, 0.6) is 5.75 Å². The smallest absolute Gasteiger partial charge is 0.410 e. The van der Waals surface area contributed by atoms with Crippen LogP contribution >= 0.6 is 0 Å². The summed E-state index contributed by atoms with van der Waals surface area (Å²) in [5, 5.41) is 5.20. The molecule has 0 saturated heterocycles. The average molecular weight is 306 g/mol. The largest absolute Gasteiger partial charge is 0.412 e. The predicted molar refractivity (Wildman–Crippen MR) is 88.1 cm³/mol. The fraction of sp³-hybridized carbons (Fsp3) is 0.529. The Kier molecular flexibility index (Phi) is 8.72. The molecule has 0 heterocycles. The Balaban J connectivity index is 2.31. The van der Waals surface area contributed by atoms with E-state index >= 15 is 0 Å². The molecule has 2 N–H and O–H groups in total. The molecule has 1 rings (SSSR count). The minimum atomic E-state index is -0.532. The van der Waals surface area contributed by atoms with Gasteiger partial charge in [0.25, 0.3) is 0 Å². The van der Waals surface area contributed by atoms with Crippen LogP contribution in [0.15, 0.2) is 24.3 Å². The minimum absolute atomic E-state index is 0.00687. The molecule has 0 radical (unpaired) electrons. The Morgan fingerprint density at radius 1 is 1.09 bits per heavy atom. The van der Waals surface area contributed by atoms with Crippen molar-refractivity contribution in [3.05, 3.63) is 24.3 Å². The molecule has 5 nitrogen and oxygen atoms in total. The number of amides is 2. The number of unbranched alkanes of at least 4 members (excludes halogenated alkanes) is 5. The van der Waals surface area contributed by atoms with Crippen LogP contribution in [0.1, 0.15) is 51.9 Å². The van der Waals surface area contributed by atoms with Gasteiger partial charge in [-0.15, -0.1) is 0 Å². The van der Waals surface area contributed by atoms with Crippen LogP contribution in [0.3, 0.4) is 0 Å². The summed E-state index contributed by atoms with van der Waals surface area (Å²) < 4.78 is 5.02. The summed E-state index contributed by atoms with van der Waals surface area (Å²) in [5.74, 6) is 0.393. The van der Waals surface area contributed by atoms with Gasteiger partial charge in [-0.25, -0.2) is 4.79 Å². The van der Waals surface area contributed by atoms with Gasteiger partial charge in [0.05, 0.1) is 0 Å². The molecule has 2 amide bonds. The zero-order valence-corrected chi connectivity index (χ0v) is 13.5. The zero-order chi connectivity index (χ0) is 16.2. The normalized spacial score (nSPS) is 10.1. The topological polar surface area (TPSA) is 67.4 Å². The van der Waals surface area contributed by atoms with Gasteiger partial charge in [-0.3, -0.25) is 4.79 Å². The van der Waals surface area contributed by atoms with Crippen LogP contribution in [0, 0.1) is 0 Å². The molecule has 1 aromatic rings. The van der Waals surface area contributed by atoms with Crippen molar-refractivity contribution in [3.63, 3.8) is 0 Å². The summed E-state index contributed by atoms with van der Waals surface area (Å²) in [7, 11) is 1.49. The molecular formula is C17H26N2O3. The SMILES string of the molecule is CCCCCCCCC(=O)Nc1cccc(OC(=O)NC)c1. The van der Waals surface area contributed by atoms with Gasteiger partial charge < -0.3 is 15.4 Å². The molecule has 0 atom stereocenters. The molecule has 0 spiro atoms. The van der Waals surface area contributed by atoms with Crippen molar-refractivity contribution >= 4 is 17.7 Å². The Labute approximate surface area is 132 Å². The molecule has 0 unspecified atom stereocenters. The van der Waals surface area contributed by atoms with Gasteiger partial charge >= 0.3 is 6.09 Å². The van der Waals surface area contributed by atoms with E-state index in [4.69, 9.17) is 4.74 Å². The minimum Gasteiger partial charge on any atom is -0.410 e. The molecule has 0 aliphatic heterocycles. The quantitative estimate of drug-likeness (QED) is 0.675. The fourth-order valence-corrected chi connectivity index (χ4v) is 2.08. The fourth-order valence-electron chi connectivity index (χ4n) is 2.08. The lowest BCUT2D eigenvalue weighted by molar-refractivity contribution is -0.116. The summed E-state index contributed by atoms with van der Waals surface area (Å²) in [4.78, 5) is 23.0. The zero-order valence-electron chi connectivity index (χ0n) is 13.5. The highest BCUT2D eigenvalue weighted by Gasteiger charge is 2.05. The van der Waals surface area contributed by atoms with Crippen LogP contribution in [-0.4, -0.2) is 19.0 Å². The van der Waals surface area contributed by atoms with E-state index in [1.165, 1.54) is 32.7 Å². The number of carbonyl (C=O) groups is 2. The third-order valence-electron chi connectivity index (χ3n) is 3.29. The Morgan fingerprint density at radius 3 is 2.55 bits per heavy atom. The molecular weight excluding hydrogens is 280 g/mol. The first-order valence-corrected chi connectivity index (χ1v) is 7.95. The van der Waals surface area contributed by atoms with Crippen molar-refractivity contribution in [2.45, 2.75) is 51.9 Å². The second-order valence-electron chi connectivity index (χ2n) is 5.23. The van der Waals surface area contributed by atoms with E-state index in [-0.39, 0.29) is 5.91 Å². The van der Waals surface area contributed by atoms with E-state index in [0.29, 0.717) is 17.9 Å². The number of benzene rings is 1. The van der Waals surface area contributed by atoms with E-state index in [0.717, 1.165) is 12.8 Å². The van der Waals surface area contributed by atoms with Gasteiger partial charge in [0.2, 0.25) is 5.91 Å². The molecule has 0 saturated carbocycles. The summed E-state index contributed by atoms with van der Waals surface area (Å²) in [6.07, 6.45) is 6.92. The Morgan fingerprint density at radius 2 is 1.82 bits per heavy atom. The third-order valence-corrected chi connectivity index (χ3v) is 3.29. The monoisotopic (exact) mass is 306 g/mol. The van der Waals surface area contributed by atoms with E-state index in [9.17, 15) is 9.59 Å². The van der Waals surface area contributed by atoms with Crippen LogP contribution in [0.4, 0.5) is 10.5 Å². The second kappa shape index (κ2) is 10.7. The van der Waals surface area contributed by atoms with Crippen LogP contribution in [-0.2, 0) is 4.79 Å². The Hall–Kier alpha value is -2.04. The molecule has 0 aliphatic rings. The van der Waals surface area contributed by atoms with Crippen molar-refractivity contribution in [3.8, 4) is 5.75 Å². The Bertz CT molecular complexity index is 475. The van der Waals surface area contributed by atoms with E-state index in [2.05, 4.69) is 17.6 Å². The summed E-state index contributed by atoms with van der Waals surface area (Å²) in [5.41, 5.74) is 0.636. The lowest BCUT2D eigenvalue weighted by atomic mass is 10.1. The maximum atomic E-state index is 11.9. The number of rotatable bonds is 9. The van der Waals surface area contributed by atoms with Crippen molar-refractivity contribution in [1.82, 2.24) is 5.32 Å². The first kappa shape index (κ1) is 18.0. The third kappa shape index (κ3) is 7.67. The highest BCUT2D eigenvalue weighted by molar-refractivity contribution is 5.90. The predicted octanol–water partition coefficient (Wildman–Crippen LogP) is 4.09. The molecule has 22 heavy (non-hydrogen) atoms. The standard InChI is InChI=1S/C17H26N2O3/c1-3-4-5-6-7-8-12-16(20)19-14-10-9-11-15(13-14)22-17(21)18-2/h9-11,13H,3-8,12H2,1-2H3,(H,18,21)(H,19,20). The maximum Gasteiger partial charge on any atom is 0.412 e. The van der Waals surface area contributed by atoms with Crippen molar-refractivity contribution in [2.75, 3.05) is 12.4 Å². The van der Waals surface area contributed by atoms with Crippen LogP contribution in [0.25, 0.3) is 0 Å². The molecule has 0 aliphatic carbocycles. The van der Waals surface area contributed by atoms with Gasteiger partial charge in [0.15, 0.2) is 0 Å². The van der Waals surface area contributed by atoms with Gasteiger partial charge in [0, 0.05) is 25.2 Å².